The summed E-state index contributed by atoms with van der Waals surface area (Å²) in [7, 11) is 0. The minimum absolute atomic E-state index is 0.0533. The van der Waals surface area contributed by atoms with E-state index in [4.69, 9.17) is 0 Å². The van der Waals surface area contributed by atoms with E-state index >= 15 is 0 Å². The van der Waals surface area contributed by atoms with Crippen LogP contribution in [0.25, 0.3) is 5.69 Å². The van der Waals surface area contributed by atoms with Crippen molar-refractivity contribution >= 4 is 21.8 Å². The van der Waals surface area contributed by atoms with Crippen LogP contribution in [-0.2, 0) is 19.4 Å². The number of carbonyl (C=O) groups is 1. The van der Waals surface area contributed by atoms with E-state index < -0.39 is 0 Å². The summed E-state index contributed by atoms with van der Waals surface area (Å²) >= 11 is 3.52. The van der Waals surface area contributed by atoms with Crippen LogP contribution in [0.5, 0.6) is 0 Å². The van der Waals surface area contributed by atoms with Gasteiger partial charge in [0.05, 0.1) is 0 Å². The molecule has 4 rings (SSSR count). The van der Waals surface area contributed by atoms with Crippen LogP contribution in [-0.4, -0.2) is 10.5 Å². The van der Waals surface area contributed by atoms with Crippen molar-refractivity contribution in [2.45, 2.75) is 39.7 Å². The van der Waals surface area contributed by atoms with Crippen LogP contribution < -0.4 is 5.32 Å². The third-order valence-corrected chi connectivity index (χ3v) is 6.38. The van der Waals surface area contributed by atoms with Crippen molar-refractivity contribution < 1.29 is 4.79 Å². The first-order valence-corrected chi connectivity index (χ1v) is 10.6. The third-order valence-electron chi connectivity index (χ3n) is 5.60. The Labute approximate surface area is 174 Å². The van der Waals surface area contributed by atoms with E-state index in [9.17, 15) is 4.79 Å². The van der Waals surface area contributed by atoms with Crippen LogP contribution in [0, 0.1) is 12.8 Å². The molecular formula is C24H25BrN2O. The highest BCUT2D eigenvalue weighted by Crippen LogP contribution is 2.30. The molecule has 1 aliphatic rings. The smallest absolute Gasteiger partial charge is 0.251 e. The van der Waals surface area contributed by atoms with Crippen LogP contribution in [0.3, 0.4) is 0 Å². The number of aromatic nitrogens is 1. The highest BCUT2D eigenvalue weighted by molar-refractivity contribution is 9.10. The van der Waals surface area contributed by atoms with E-state index in [0.29, 0.717) is 12.1 Å². The van der Waals surface area contributed by atoms with Crippen LogP contribution >= 0.6 is 15.9 Å². The molecule has 1 heterocycles. The number of fused-ring (bicyclic) bond motifs is 1. The summed E-state index contributed by atoms with van der Waals surface area (Å²) < 4.78 is 3.36. The van der Waals surface area contributed by atoms with Crippen molar-refractivity contribution in [2.24, 2.45) is 5.92 Å². The quantitative estimate of drug-likeness (QED) is 0.566. The molecule has 0 saturated heterocycles. The highest BCUT2D eigenvalue weighted by atomic mass is 79.9. The minimum atomic E-state index is -0.0533. The van der Waals surface area contributed by atoms with Gasteiger partial charge in [-0.2, -0.15) is 0 Å². The SMILES string of the molecule is Cc1cc2c(n1-c1ccc(C(=O)NCc3ccccc3Br)cc1)CC[C@H](C)C2. The normalized spacial score (nSPS) is 15.9. The Hall–Kier alpha value is -2.33. The molecule has 144 valence electrons. The molecule has 0 aliphatic heterocycles. The second-order valence-electron chi connectivity index (χ2n) is 7.76. The lowest BCUT2D eigenvalue weighted by Gasteiger charge is -2.21. The number of amides is 1. The van der Waals surface area contributed by atoms with Crippen molar-refractivity contribution in [3.63, 3.8) is 0 Å². The lowest BCUT2D eigenvalue weighted by Crippen LogP contribution is -2.23. The maximum atomic E-state index is 12.5. The Kier molecular flexibility index (Phi) is 5.40. The van der Waals surface area contributed by atoms with Gasteiger partial charge in [-0.15, -0.1) is 0 Å². The first-order chi connectivity index (χ1) is 13.5. The third kappa shape index (κ3) is 3.79. The molecule has 3 nitrogen and oxygen atoms in total. The maximum Gasteiger partial charge on any atom is 0.251 e. The average Bonchev–Trinajstić information content (AvgIpc) is 3.02. The van der Waals surface area contributed by atoms with Gasteiger partial charge in [-0.05, 0) is 79.6 Å². The van der Waals surface area contributed by atoms with E-state index in [1.165, 1.54) is 29.8 Å². The number of carbonyl (C=O) groups excluding carboxylic acids is 1. The zero-order valence-electron chi connectivity index (χ0n) is 16.3. The van der Waals surface area contributed by atoms with E-state index in [-0.39, 0.29) is 5.91 Å². The summed E-state index contributed by atoms with van der Waals surface area (Å²) in [4.78, 5) is 12.5. The first-order valence-electron chi connectivity index (χ1n) is 9.85. The van der Waals surface area contributed by atoms with Gasteiger partial charge in [0.15, 0.2) is 0 Å². The monoisotopic (exact) mass is 436 g/mol. The zero-order chi connectivity index (χ0) is 19.7. The van der Waals surface area contributed by atoms with Gasteiger partial charge in [0.1, 0.15) is 0 Å². The lowest BCUT2D eigenvalue weighted by atomic mass is 9.89. The molecule has 0 saturated carbocycles. The summed E-state index contributed by atoms with van der Waals surface area (Å²) in [5, 5.41) is 3.00. The highest BCUT2D eigenvalue weighted by Gasteiger charge is 2.21. The molecule has 4 heteroatoms. The molecule has 0 spiro atoms. The van der Waals surface area contributed by atoms with Gasteiger partial charge in [-0.25, -0.2) is 0 Å². The van der Waals surface area contributed by atoms with Crippen LogP contribution in [0.15, 0.2) is 59.1 Å². The molecule has 2 aromatic carbocycles. The zero-order valence-corrected chi connectivity index (χ0v) is 17.9. The van der Waals surface area contributed by atoms with E-state index in [1.54, 1.807) is 0 Å². The summed E-state index contributed by atoms with van der Waals surface area (Å²) in [5.74, 6) is 0.709. The molecule has 0 unspecified atom stereocenters. The van der Waals surface area contributed by atoms with E-state index in [2.05, 4.69) is 57.9 Å². The number of benzene rings is 2. The molecule has 28 heavy (non-hydrogen) atoms. The van der Waals surface area contributed by atoms with Gasteiger partial charge in [0, 0.05) is 33.7 Å². The molecule has 0 bridgehead atoms. The van der Waals surface area contributed by atoms with Gasteiger partial charge >= 0.3 is 0 Å². The Bertz CT molecular complexity index is 1000. The molecule has 1 N–H and O–H groups in total. The van der Waals surface area contributed by atoms with Crippen LogP contribution in [0.2, 0.25) is 0 Å². The summed E-state index contributed by atoms with van der Waals surface area (Å²) in [6, 6.07) is 18.2. The van der Waals surface area contributed by atoms with Gasteiger partial charge < -0.3 is 9.88 Å². The van der Waals surface area contributed by atoms with Crippen molar-refractivity contribution in [3.05, 3.63) is 87.1 Å². The van der Waals surface area contributed by atoms with E-state index in [0.717, 1.165) is 28.1 Å². The number of aryl methyl sites for hydroxylation is 1. The molecular weight excluding hydrogens is 412 g/mol. The fraction of sp³-hybridized carbons (Fsp3) is 0.292. The van der Waals surface area contributed by atoms with Crippen molar-refractivity contribution in [3.8, 4) is 5.69 Å². The van der Waals surface area contributed by atoms with Crippen molar-refractivity contribution in [1.29, 1.82) is 0 Å². The van der Waals surface area contributed by atoms with Crippen LogP contribution in [0.1, 0.15) is 46.2 Å². The second kappa shape index (κ2) is 7.96. The van der Waals surface area contributed by atoms with Crippen molar-refractivity contribution in [2.75, 3.05) is 0 Å². The molecule has 0 fully saturated rings. The predicted molar refractivity (Wildman–Crippen MR) is 117 cm³/mol. The number of nitrogens with one attached hydrogen (secondary N) is 1. The standard InChI is InChI=1S/C24H25BrN2O/c1-16-7-12-23-20(13-16)14-17(2)27(23)21-10-8-18(9-11-21)24(28)26-15-19-5-3-4-6-22(19)25/h3-6,8-11,14,16H,7,12-13,15H2,1-2H3,(H,26,28)/t16-/m0/s1. The molecule has 1 atom stereocenters. The number of rotatable bonds is 4. The average molecular weight is 437 g/mol. The maximum absolute atomic E-state index is 12.5. The second-order valence-corrected chi connectivity index (χ2v) is 8.62. The van der Waals surface area contributed by atoms with E-state index in [1.807, 2.05) is 36.4 Å². The summed E-state index contributed by atoms with van der Waals surface area (Å²) in [5.41, 5.74) is 7.06. The Morgan fingerprint density at radius 2 is 1.93 bits per heavy atom. The number of nitrogens with zero attached hydrogens (tertiary/aromatic N) is 1. The number of hydrogen-bond donors (Lipinski definition) is 1. The summed E-state index contributed by atoms with van der Waals surface area (Å²) in [6.45, 7) is 5.00. The Morgan fingerprint density at radius 1 is 1.18 bits per heavy atom. The summed E-state index contributed by atoms with van der Waals surface area (Å²) in [6.07, 6.45) is 3.53. The van der Waals surface area contributed by atoms with Gasteiger partial charge in [0.25, 0.3) is 5.91 Å². The molecule has 1 aliphatic carbocycles. The first kappa shape index (κ1) is 19.0. The molecule has 1 aromatic heterocycles. The predicted octanol–water partition coefficient (Wildman–Crippen LogP) is 5.60. The van der Waals surface area contributed by atoms with Gasteiger partial charge in [-0.3, -0.25) is 4.79 Å². The van der Waals surface area contributed by atoms with Gasteiger partial charge in [0.2, 0.25) is 0 Å². The van der Waals surface area contributed by atoms with Crippen molar-refractivity contribution in [1.82, 2.24) is 9.88 Å². The molecule has 1 amide bonds. The fourth-order valence-corrected chi connectivity index (χ4v) is 4.53. The van der Waals surface area contributed by atoms with Gasteiger partial charge in [-0.1, -0.05) is 41.1 Å². The lowest BCUT2D eigenvalue weighted by molar-refractivity contribution is 0.0951. The minimum Gasteiger partial charge on any atom is -0.348 e. The number of halogens is 1. The molecule has 0 radical (unpaired) electrons. The topological polar surface area (TPSA) is 34.0 Å². The Morgan fingerprint density at radius 3 is 2.68 bits per heavy atom. The number of hydrogen-bond acceptors (Lipinski definition) is 1. The fourth-order valence-electron chi connectivity index (χ4n) is 4.11. The van der Waals surface area contributed by atoms with Crippen LogP contribution in [0.4, 0.5) is 0 Å². The molecule has 3 aromatic rings. The Balaban J connectivity index is 1.50. The largest absolute Gasteiger partial charge is 0.348 e.